The predicted octanol–water partition coefficient (Wildman–Crippen LogP) is 3.59. The average Bonchev–Trinajstić information content (AvgIpc) is 2.89. The van der Waals surface area contributed by atoms with E-state index in [0.29, 0.717) is 6.04 Å². The minimum Gasteiger partial charge on any atom is -0.369 e. The van der Waals surface area contributed by atoms with Gasteiger partial charge in [0.15, 0.2) is 0 Å². The van der Waals surface area contributed by atoms with Crippen LogP contribution in [0.25, 0.3) is 0 Å². The molecule has 0 radical (unpaired) electrons. The molecule has 2 aromatic heterocycles. The molecule has 0 aliphatic rings. The highest BCUT2D eigenvalue weighted by molar-refractivity contribution is 7.09. The van der Waals surface area contributed by atoms with Crippen molar-refractivity contribution in [3.8, 4) is 0 Å². The van der Waals surface area contributed by atoms with Crippen LogP contribution in [0.1, 0.15) is 30.0 Å². The average molecular weight is 289 g/mol. The summed E-state index contributed by atoms with van der Waals surface area (Å²) >= 11 is 1.80. The van der Waals surface area contributed by atoms with E-state index in [1.165, 1.54) is 16.1 Å². The molecular formula is C16H23N3S. The lowest BCUT2D eigenvalue weighted by molar-refractivity contribution is 0.587. The maximum absolute atomic E-state index is 4.43. The molecule has 1 N–H and O–H groups in total. The summed E-state index contributed by atoms with van der Waals surface area (Å²) < 4.78 is 0. The van der Waals surface area contributed by atoms with Crippen LogP contribution in [0.4, 0.5) is 5.69 Å². The standard InChI is InChI=1S/C16H23N3S/c1-12(2)17-9-14-10-18-13(3)8-16(14)19(4)11-15-6-5-7-20-15/h5-8,10,12,17H,9,11H2,1-4H3. The maximum atomic E-state index is 4.43. The minimum atomic E-state index is 0.478. The van der Waals surface area contributed by atoms with Crippen molar-refractivity contribution in [1.29, 1.82) is 0 Å². The van der Waals surface area contributed by atoms with E-state index in [2.05, 4.69) is 59.7 Å². The Morgan fingerprint density at radius 3 is 2.85 bits per heavy atom. The summed E-state index contributed by atoms with van der Waals surface area (Å²) in [5.74, 6) is 0. The Morgan fingerprint density at radius 1 is 1.40 bits per heavy atom. The number of aromatic nitrogens is 1. The number of hydrogen-bond acceptors (Lipinski definition) is 4. The summed E-state index contributed by atoms with van der Waals surface area (Å²) in [7, 11) is 2.15. The molecule has 0 amide bonds. The Morgan fingerprint density at radius 2 is 2.20 bits per heavy atom. The number of anilines is 1. The fourth-order valence-corrected chi connectivity index (χ4v) is 2.86. The zero-order valence-electron chi connectivity index (χ0n) is 12.7. The van der Waals surface area contributed by atoms with Gasteiger partial charge in [0.1, 0.15) is 0 Å². The highest BCUT2D eigenvalue weighted by Crippen LogP contribution is 2.23. The smallest absolute Gasteiger partial charge is 0.0519 e. The molecule has 108 valence electrons. The van der Waals surface area contributed by atoms with E-state index in [4.69, 9.17) is 0 Å². The lowest BCUT2D eigenvalue weighted by Crippen LogP contribution is -2.24. The number of nitrogens with zero attached hydrogens (tertiary/aromatic N) is 2. The Hall–Kier alpha value is -1.39. The molecular weight excluding hydrogens is 266 g/mol. The molecule has 0 aliphatic heterocycles. The minimum absolute atomic E-state index is 0.478. The van der Waals surface area contributed by atoms with E-state index in [-0.39, 0.29) is 0 Å². The maximum Gasteiger partial charge on any atom is 0.0519 e. The van der Waals surface area contributed by atoms with E-state index < -0.39 is 0 Å². The fourth-order valence-electron chi connectivity index (χ4n) is 2.10. The molecule has 0 aromatic carbocycles. The van der Waals surface area contributed by atoms with Crippen molar-refractivity contribution < 1.29 is 0 Å². The number of aryl methyl sites for hydroxylation is 1. The first kappa shape index (κ1) is 15.0. The zero-order chi connectivity index (χ0) is 14.5. The van der Waals surface area contributed by atoms with Crippen molar-refractivity contribution in [1.82, 2.24) is 10.3 Å². The quantitative estimate of drug-likeness (QED) is 0.881. The van der Waals surface area contributed by atoms with Gasteiger partial charge in [-0.25, -0.2) is 0 Å². The predicted molar refractivity (Wildman–Crippen MR) is 87.4 cm³/mol. The SMILES string of the molecule is Cc1cc(N(C)Cc2cccs2)c(CNC(C)C)cn1. The Bertz CT molecular complexity index is 535. The third-order valence-corrected chi connectivity index (χ3v) is 4.04. The van der Waals surface area contributed by atoms with Crippen LogP contribution in [0.5, 0.6) is 0 Å². The monoisotopic (exact) mass is 289 g/mol. The van der Waals surface area contributed by atoms with Crippen LogP contribution in [0.15, 0.2) is 29.8 Å². The van der Waals surface area contributed by atoms with Crippen molar-refractivity contribution >= 4 is 17.0 Å². The first-order chi connectivity index (χ1) is 9.56. The first-order valence-electron chi connectivity index (χ1n) is 6.98. The van der Waals surface area contributed by atoms with E-state index in [9.17, 15) is 0 Å². The highest BCUT2D eigenvalue weighted by atomic mass is 32.1. The van der Waals surface area contributed by atoms with Gasteiger partial charge in [-0.05, 0) is 24.4 Å². The van der Waals surface area contributed by atoms with E-state index in [0.717, 1.165) is 18.8 Å². The van der Waals surface area contributed by atoms with Gasteiger partial charge in [0.25, 0.3) is 0 Å². The van der Waals surface area contributed by atoms with Gasteiger partial charge < -0.3 is 10.2 Å². The summed E-state index contributed by atoms with van der Waals surface area (Å²) in [5.41, 5.74) is 3.58. The normalized spacial score (nSPS) is 11.1. The summed E-state index contributed by atoms with van der Waals surface area (Å²) in [6.45, 7) is 8.17. The second-order valence-corrected chi connectivity index (χ2v) is 6.46. The second-order valence-electron chi connectivity index (χ2n) is 5.43. The molecule has 0 fully saturated rings. The van der Waals surface area contributed by atoms with E-state index in [1.54, 1.807) is 11.3 Å². The lowest BCUT2D eigenvalue weighted by Gasteiger charge is -2.23. The highest BCUT2D eigenvalue weighted by Gasteiger charge is 2.10. The summed E-state index contributed by atoms with van der Waals surface area (Å²) in [6, 6.07) is 6.94. The molecule has 0 spiro atoms. The Balaban J connectivity index is 2.17. The van der Waals surface area contributed by atoms with Crippen LogP contribution < -0.4 is 10.2 Å². The van der Waals surface area contributed by atoms with Gasteiger partial charge >= 0.3 is 0 Å². The van der Waals surface area contributed by atoms with Crippen molar-refractivity contribution in [2.24, 2.45) is 0 Å². The van der Waals surface area contributed by atoms with E-state index in [1.807, 2.05) is 13.1 Å². The Kier molecular flexibility index (Phi) is 5.15. The van der Waals surface area contributed by atoms with Gasteiger partial charge in [0.2, 0.25) is 0 Å². The number of pyridine rings is 1. The van der Waals surface area contributed by atoms with E-state index >= 15 is 0 Å². The largest absolute Gasteiger partial charge is 0.369 e. The van der Waals surface area contributed by atoms with Crippen LogP contribution in [0.2, 0.25) is 0 Å². The molecule has 0 bridgehead atoms. The fraction of sp³-hybridized carbons (Fsp3) is 0.438. The van der Waals surface area contributed by atoms with Gasteiger partial charge in [-0.3, -0.25) is 4.98 Å². The first-order valence-corrected chi connectivity index (χ1v) is 7.86. The van der Waals surface area contributed by atoms with Crippen LogP contribution in [-0.2, 0) is 13.1 Å². The second kappa shape index (κ2) is 6.86. The molecule has 0 aliphatic carbocycles. The molecule has 4 heteroatoms. The number of nitrogens with one attached hydrogen (secondary N) is 1. The topological polar surface area (TPSA) is 28.2 Å². The van der Waals surface area contributed by atoms with Crippen molar-refractivity contribution in [3.05, 3.63) is 45.9 Å². The van der Waals surface area contributed by atoms with Crippen LogP contribution in [-0.4, -0.2) is 18.1 Å². The zero-order valence-corrected chi connectivity index (χ0v) is 13.5. The van der Waals surface area contributed by atoms with Gasteiger partial charge in [0.05, 0.1) is 6.54 Å². The van der Waals surface area contributed by atoms with Crippen LogP contribution >= 0.6 is 11.3 Å². The summed E-state index contributed by atoms with van der Waals surface area (Å²) in [4.78, 5) is 8.12. The molecule has 0 atom stereocenters. The van der Waals surface area contributed by atoms with Gasteiger partial charge in [0, 0.05) is 47.7 Å². The van der Waals surface area contributed by atoms with Crippen molar-refractivity contribution in [3.63, 3.8) is 0 Å². The number of hydrogen-bond donors (Lipinski definition) is 1. The summed E-state index contributed by atoms with van der Waals surface area (Å²) in [6.07, 6.45) is 1.99. The molecule has 2 heterocycles. The van der Waals surface area contributed by atoms with Gasteiger partial charge in [-0.15, -0.1) is 11.3 Å². The molecule has 20 heavy (non-hydrogen) atoms. The molecule has 3 nitrogen and oxygen atoms in total. The third-order valence-electron chi connectivity index (χ3n) is 3.18. The van der Waals surface area contributed by atoms with Gasteiger partial charge in [-0.2, -0.15) is 0 Å². The number of thiophene rings is 1. The number of rotatable bonds is 6. The molecule has 0 saturated heterocycles. The molecule has 0 saturated carbocycles. The van der Waals surface area contributed by atoms with Crippen molar-refractivity contribution in [2.45, 2.75) is 39.9 Å². The molecule has 0 unspecified atom stereocenters. The molecule has 2 rings (SSSR count). The van der Waals surface area contributed by atoms with Crippen molar-refractivity contribution in [2.75, 3.05) is 11.9 Å². The van der Waals surface area contributed by atoms with Crippen LogP contribution in [0.3, 0.4) is 0 Å². The lowest BCUT2D eigenvalue weighted by atomic mass is 10.1. The summed E-state index contributed by atoms with van der Waals surface area (Å²) in [5, 5.41) is 5.60. The van der Waals surface area contributed by atoms with Crippen LogP contribution in [0, 0.1) is 6.92 Å². The Labute approximate surface area is 125 Å². The van der Waals surface area contributed by atoms with Gasteiger partial charge in [-0.1, -0.05) is 19.9 Å². The molecule has 2 aromatic rings. The third kappa shape index (κ3) is 4.05.